The first-order valence-electron chi connectivity index (χ1n) is 8.44. The van der Waals surface area contributed by atoms with Crippen LogP contribution in [0.15, 0.2) is 23.0 Å². The van der Waals surface area contributed by atoms with Crippen molar-refractivity contribution in [2.75, 3.05) is 11.9 Å². The zero-order valence-electron chi connectivity index (χ0n) is 15.5. The van der Waals surface area contributed by atoms with E-state index in [0.29, 0.717) is 21.9 Å². The van der Waals surface area contributed by atoms with E-state index in [1.807, 2.05) is 0 Å². The Morgan fingerprint density at radius 2 is 2.04 bits per heavy atom. The average Bonchev–Trinajstić information content (AvgIpc) is 3.00. The van der Waals surface area contributed by atoms with Gasteiger partial charge in [-0.2, -0.15) is 0 Å². The number of aromatic hydroxyl groups is 1. The number of hydrogen-bond donors (Lipinski definition) is 2. The lowest BCUT2D eigenvalue weighted by molar-refractivity contribution is -0.116. The number of thiazole rings is 1. The van der Waals surface area contributed by atoms with Gasteiger partial charge in [0.2, 0.25) is 5.91 Å². The number of carbonyl (C=O) groups excluding carboxylic acids is 2. The number of phenolic OH excluding ortho intramolecular Hbond substituents is 1. The lowest BCUT2D eigenvalue weighted by Crippen LogP contribution is -2.30. The number of aryl methyl sites for hydroxylation is 2. The predicted molar refractivity (Wildman–Crippen MR) is 104 cm³/mol. The maximum atomic E-state index is 12.7. The first-order chi connectivity index (χ1) is 13.3. The Kier molecular flexibility index (Phi) is 5.41. The van der Waals surface area contributed by atoms with Gasteiger partial charge in [0.25, 0.3) is 5.56 Å². The number of ether oxygens (including phenoxy) is 1. The minimum atomic E-state index is -0.497. The van der Waals surface area contributed by atoms with Crippen LogP contribution in [0.1, 0.15) is 28.1 Å². The van der Waals surface area contributed by atoms with E-state index < -0.39 is 17.4 Å². The van der Waals surface area contributed by atoms with Gasteiger partial charge in [0.15, 0.2) is 5.13 Å². The summed E-state index contributed by atoms with van der Waals surface area (Å²) in [6.07, 6.45) is 0. The quantitative estimate of drug-likeness (QED) is 0.626. The normalized spacial score (nSPS) is 10.8. The van der Waals surface area contributed by atoms with Gasteiger partial charge < -0.3 is 15.2 Å². The molecule has 0 spiro atoms. The summed E-state index contributed by atoms with van der Waals surface area (Å²) in [6, 6.07) is 4.30. The van der Waals surface area contributed by atoms with Crippen LogP contribution in [0.5, 0.6) is 5.75 Å². The second-order valence-electron chi connectivity index (χ2n) is 5.95. The molecule has 0 saturated heterocycles. The fourth-order valence-electron chi connectivity index (χ4n) is 2.64. The maximum Gasteiger partial charge on any atom is 0.350 e. The number of nitrogens with zero attached hydrogens (tertiary/aromatic N) is 3. The third-order valence-electron chi connectivity index (χ3n) is 3.93. The maximum absolute atomic E-state index is 12.7. The van der Waals surface area contributed by atoms with Crippen molar-refractivity contribution in [1.29, 1.82) is 0 Å². The third-order valence-corrected chi connectivity index (χ3v) is 4.99. The number of fused-ring (bicyclic) bond motifs is 1. The zero-order valence-corrected chi connectivity index (χ0v) is 16.3. The molecule has 3 aromatic rings. The number of aromatic nitrogens is 3. The van der Waals surface area contributed by atoms with Crippen LogP contribution in [0.3, 0.4) is 0 Å². The molecule has 146 valence electrons. The molecule has 0 bridgehead atoms. The van der Waals surface area contributed by atoms with E-state index in [0.717, 1.165) is 11.3 Å². The molecule has 9 nitrogen and oxygen atoms in total. The Morgan fingerprint density at radius 3 is 2.75 bits per heavy atom. The highest BCUT2D eigenvalue weighted by Gasteiger charge is 2.18. The highest BCUT2D eigenvalue weighted by atomic mass is 32.1. The van der Waals surface area contributed by atoms with Gasteiger partial charge in [-0.05, 0) is 39.0 Å². The Bertz CT molecular complexity index is 1130. The Balaban J connectivity index is 1.83. The molecule has 10 heteroatoms. The smallest absolute Gasteiger partial charge is 0.350 e. The molecule has 0 aliphatic carbocycles. The van der Waals surface area contributed by atoms with Crippen LogP contribution in [0.4, 0.5) is 5.13 Å². The number of benzene rings is 1. The minimum absolute atomic E-state index is 0.0592. The first kappa shape index (κ1) is 19.5. The monoisotopic (exact) mass is 402 g/mol. The summed E-state index contributed by atoms with van der Waals surface area (Å²) in [5, 5.41) is 12.6. The molecule has 0 aliphatic heterocycles. The second-order valence-corrected chi connectivity index (χ2v) is 6.95. The number of hydrogen-bond acceptors (Lipinski definition) is 8. The van der Waals surface area contributed by atoms with E-state index in [4.69, 9.17) is 4.74 Å². The average molecular weight is 402 g/mol. The molecular weight excluding hydrogens is 384 g/mol. The fourth-order valence-corrected chi connectivity index (χ4v) is 3.52. The lowest BCUT2D eigenvalue weighted by Gasteiger charge is -2.10. The van der Waals surface area contributed by atoms with Crippen molar-refractivity contribution in [2.24, 2.45) is 0 Å². The van der Waals surface area contributed by atoms with Gasteiger partial charge in [-0.25, -0.2) is 14.8 Å². The van der Waals surface area contributed by atoms with Crippen LogP contribution in [0.2, 0.25) is 0 Å². The second kappa shape index (κ2) is 7.77. The zero-order chi connectivity index (χ0) is 20.4. The summed E-state index contributed by atoms with van der Waals surface area (Å²) in [5.41, 5.74) is 0.456. The summed E-state index contributed by atoms with van der Waals surface area (Å²) in [6.45, 7) is 4.93. The lowest BCUT2D eigenvalue weighted by atomic mass is 10.2. The van der Waals surface area contributed by atoms with Crippen molar-refractivity contribution in [3.05, 3.63) is 44.9 Å². The van der Waals surface area contributed by atoms with Crippen molar-refractivity contribution >= 4 is 39.2 Å². The van der Waals surface area contributed by atoms with Crippen molar-refractivity contribution in [3.63, 3.8) is 0 Å². The largest absolute Gasteiger partial charge is 0.508 e. The topological polar surface area (TPSA) is 123 Å². The van der Waals surface area contributed by atoms with E-state index in [-0.39, 0.29) is 29.4 Å². The molecule has 0 fully saturated rings. The van der Waals surface area contributed by atoms with Gasteiger partial charge in [-0.1, -0.05) is 11.3 Å². The number of phenols is 1. The van der Waals surface area contributed by atoms with Crippen LogP contribution < -0.4 is 10.9 Å². The highest BCUT2D eigenvalue weighted by molar-refractivity contribution is 7.17. The van der Waals surface area contributed by atoms with Gasteiger partial charge >= 0.3 is 5.97 Å². The van der Waals surface area contributed by atoms with Crippen LogP contribution in [0, 0.1) is 13.8 Å². The van der Waals surface area contributed by atoms with Crippen LogP contribution in [0.25, 0.3) is 10.9 Å². The highest BCUT2D eigenvalue weighted by Crippen LogP contribution is 2.23. The number of rotatable bonds is 5. The molecule has 0 radical (unpaired) electrons. The molecule has 0 saturated carbocycles. The van der Waals surface area contributed by atoms with E-state index in [1.54, 1.807) is 26.8 Å². The number of amides is 1. The van der Waals surface area contributed by atoms with E-state index >= 15 is 0 Å². The van der Waals surface area contributed by atoms with Crippen molar-refractivity contribution in [2.45, 2.75) is 27.3 Å². The van der Waals surface area contributed by atoms with Crippen LogP contribution in [-0.2, 0) is 16.1 Å². The number of carbonyl (C=O) groups is 2. The van der Waals surface area contributed by atoms with E-state index in [9.17, 15) is 19.5 Å². The van der Waals surface area contributed by atoms with Crippen LogP contribution >= 0.6 is 11.3 Å². The van der Waals surface area contributed by atoms with Gasteiger partial charge in [-0.15, -0.1) is 0 Å². The van der Waals surface area contributed by atoms with Crippen molar-refractivity contribution in [3.8, 4) is 5.75 Å². The predicted octanol–water partition coefficient (Wildman–Crippen LogP) is 1.99. The molecule has 1 aromatic carbocycles. The van der Waals surface area contributed by atoms with Gasteiger partial charge in [-0.3, -0.25) is 14.2 Å². The van der Waals surface area contributed by atoms with Crippen LogP contribution in [-0.4, -0.2) is 38.1 Å². The van der Waals surface area contributed by atoms with Gasteiger partial charge in [0.05, 0.1) is 23.2 Å². The Morgan fingerprint density at radius 1 is 1.29 bits per heavy atom. The molecule has 2 aromatic heterocycles. The summed E-state index contributed by atoms with van der Waals surface area (Å²) < 4.78 is 6.16. The molecule has 0 unspecified atom stereocenters. The summed E-state index contributed by atoms with van der Waals surface area (Å²) in [7, 11) is 0. The first-order valence-corrected chi connectivity index (χ1v) is 9.26. The number of esters is 1. The molecule has 3 rings (SSSR count). The van der Waals surface area contributed by atoms with Crippen molar-refractivity contribution in [1.82, 2.24) is 14.5 Å². The van der Waals surface area contributed by atoms with Gasteiger partial charge in [0.1, 0.15) is 23.0 Å². The molecule has 0 atom stereocenters. The third kappa shape index (κ3) is 3.86. The molecule has 28 heavy (non-hydrogen) atoms. The molecule has 1 amide bonds. The molecular formula is C18H18N4O5S. The summed E-state index contributed by atoms with van der Waals surface area (Å²) in [5.74, 6) is -0.684. The van der Waals surface area contributed by atoms with Gasteiger partial charge in [0, 0.05) is 0 Å². The molecule has 0 aliphatic rings. The fraction of sp³-hybridized carbons (Fsp3) is 0.278. The summed E-state index contributed by atoms with van der Waals surface area (Å²) >= 11 is 1.01. The molecule has 2 N–H and O–H groups in total. The number of anilines is 1. The standard InChI is InChI=1S/C18H18N4O5S/c1-4-27-17(26)15-9(2)19-18(28-15)21-14(24)8-22-10(3)20-13-6-5-11(23)7-12(13)16(22)25/h5-7,23H,4,8H2,1-3H3,(H,19,21,24). The minimum Gasteiger partial charge on any atom is -0.508 e. The molecule has 2 heterocycles. The van der Waals surface area contributed by atoms with E-state index in [1.165, 1.54) is 16.7 Å². The Hall–Kier alpha value is -3.27. The SMILES string of the molecule is CCOC(=O)c1sc(NC(=O)Cn2c(C)nc3ccc(O)cc3c2=O)nc1C. The number of nitrogens with one attached hydrogen (secondary N) is 1. The Labute approximate surface area is 163 Å². The van der Waals surface area contributed by atoms with Crippen molar-refractivity contribution < 1.29 is 19.4 Å². The summed E-state index contributed by atoms with van der Waals surface area (Å²) in [4.78, 5) is 45.7. The van der Waals surface area contributed by atoms with E-state index in [2.05, 4.69) is 15.3 Å².